The Morgan fingerprint density at radius 1 is 0.733 bits per heavy atom. The lowest BCUT2D eigenvalue weighted by atomic mass is 10.1. The molecule has 2 aromatic rings. The monoisotopic (exact) mass is 252 g/mol. The van der Waals surface area contributed by atoms with Gasteiger partial charge in [-0.15, -0.1) is 0 Å². The quantitative estimate of drug-likeness (QED) is 0.651. The fourth-order valence-corrected chi connectivity index (χ4v) is 1.26. The highest BCUT2D eigenvalue weighted by Gasteiger charge is 1.91. The average molecular weight is 253 g/mol. The Hall–Kier alpha value is -0.750. The highest BCUT2D eigenvalue weighted by atomic mass is 35.7. The molecule has 76 valence electrons. The molecule has 0 amide bonds. The predicted octanol–water partition coefficient (Wildman–Crippen LogP) is 4.90. The summed E-state index contributed by atoms with van der Waals surface area (Å²) in [6.07, 6.45) is 0. The third kappa shape index (κ3) is 4.53. The number of rotatable bonds is 1. The molecule has 0 radical (unpaired) electrons. The fourth-order valence-electron chi connectivity index (χ4n) is 1.26. The zero-order valence-electron chi connectivity index (χ0n) is 8.01. The lowest BCUT2D eigenvalue weighted by molar-refractivity contribution is 1.62. The summed E-state index contributed by atoms with van der Waals surface area (Å²) in [5.74, 6) is 0. The second-order valence-corrected chi connectivity index (χ2v) is 4.60. The molecule has 0 atom stereocenters. The maximum absolute atomic E-state index is 4.79. The third-order valence-electron chi connectivity index (χ3n) is 1.88. The van der Waals surface area contributed by atoms with E-state index in [9.17, 15) is 0 Å². The summed E-state index contributed by atoms with van der Waals surface area (Å²) in [7, 11) is 0. The van der Waals surface area contributed by atoms with Gasteiger partial charge in [0.25, 0.3) is 0 Å². The average Bonchev–Trinajstić information content (AvgIpc) is 2.32. The van der Waals surface area contributed by atoms with Crippen molar-refractivity contribution in [3.05, 3.63) is 60.7 Å². The molecule has 3 heteroatoms. The van der Waals surface area contributed by atoms with Crippen molar-refractivity contribution in [3.63, 3.8) is 0 Å². The van der Waals surface area contributed by atoms with Crippen LogP contribution in [0.1, 0.15) is 0 Å². The van der Waals surface area contributed by atoms with Crippen molar-refractivity contribution in [1.82, 2.24) is 0 Å². The molecule has 0 saturated heterocycles. The predicted molar refractivity (Wildman–Crippen MR) is 72.0 cm³/mol. The van der Waals surface area contributed by atoms with Crippen LogP contribution in [0.2, 0.25) is 0 Å². The van der Waals surface area contributed by atoms with Crippen molar-refractivity contribution in [2.24, 2.45) is 0 Å². The molecule has 0 heterocycles. The van der Waals surface area contributed by atoms with E-state index in [-0.39, 0.29) is 0 Å². The van der Waals surface area contributed by atoms with Gasteiger partial charge in [-0.2, -0.15) is 0 Å². The van der Waals surface area contributed by atoms with Crippen LogP contribution in [0.4, 0.5) is 0 Å². The largest absolute Gasteiger partial charge is 0.0830 e. The molecule has 2 rings (SSSR count). The summed E-state index contributed by atoms with van der Waals surface area (Å²) in [6, 6.07) is 20.8. The second-order valence-electron chi connectivity index (χ2n) is 2.80. The van der Waals surface area contributed by atoms with Crippen LogP contribution in [0.15, 0.2) is 60.7 Å². The third-order valence-corrected chi connectivity index (χ3v) is 1.88. The highest BCUT2D eigenvalue weighted by molar-refractivity contribution is 8.08. The summed E-state index contributed by atoms with van der Waals surface area (Å²) in [4.78, 5) is 0. The van der Waals surface area contributed by atoms with Crippen molar-refractivity contribution >= 4 is 29.8 Å². The standard InChI is InChI=1S/C12H10.ClPS/c1-3-7-11(8-4-1)12-9-5-2-6-10-12;1-2-3/h1-10H;. The van der Waals surface area contributed by atoms with Gasteiger partial charge >= 0.3 is 0 Å². The van der Waals surface area contributed by atoms with Crippen molar-refractivity contribution < 1.29 is 0 Å². The molecule has 15 heavy (non-hydrogen) atoms. The zero-order chi connectivity index (χ0) is 10.9. The molecule has 0 spiro atoms. The Balaban J connectivity index is 0.000000337. The first kappa shape index (κ1) is 12.3. The van der Waals surface area contributed by atoms with Crippen LogP contribution in [0.25, 0.3) is 11.1 Å². The molecule has 0 saturated carbocycles. The zero-order valence-corrected chi connectivity index (χ0v) is 10.5. The van der Waals surface area contributed by atoms with Crippen LogP contribution in [0.3, 0.4) is 0 Å². The van der Waals surface area contributed by atoms with Gasteiger partial charge in [-0.1, -0.05) is 60.7 Å². The maximum Gasteiger partial charge on any atom is 0.0830 e. The number of benzene rings is 2. The first-order valence-electron chi connectivity index (χ1n) is 4.42. The van der Waals surface area contributed by atoms with Crippen LogP contribution in [-0.4, -0.2) is 0 Å². The lowest BCUT2D eigenvalue weighted by Gasteiger charge is -1.98. The van der Waals surface area contributed by atoms with Crippen LogP contribution in [-0.2, 0) is 11.8 Å². The summed E-state index contributed by atoms with van der Waals surface area (Å²) in [5, 5.41) is 0. The Bertz CT molecular complexity index is 351. The molecule has 0 N–H and O–H groups in total. The van der Waals surface area contributed by atoms with E-state index in [0.29, 0.717) is 6.71 Å². The van der Waals surface area contributed by atoms with E-state index in [1.54, 1.807) is 0 Å². The minimum Gasteiger partial charge on any atom is -0.0622 e. The molecular weight excluding hydrogens is 243 g/mol. The maximum atomic E-state index is 4.79. The van der Waals surface area contributed by atoms with Crippen LogP contribution in [0, 0.1) is 0 Å². The highest BCUT2D eigenvalue weighted by Crippen LogP contribution is 2.17. The van der Waals surface area contributed by atoms with E-state index in [1.165, 1.54) is 11.1 Å². The van der Waals surface area contributed by atoms with Gasteiger partial charge in [0.2, 0.25) is 0 Å². The molecule has 0 nitrogen and oxygen atoms in total. The lowest BCUT2D eigenvalue weighted by Crippen LogP contribution is -1.73. The van der Waals surface area contributed by atoms with E-state index in [1.807, 2.05) is 12.1 Å². The Labute approximate surface area is 102 Å². The van der Waals surface area contributed by atoms with Crippen molar-refractivity contribution in [2.45, 2.75) is 0 Å². The molecule has 0 aliphatic rings. The van der Waals surface area contributed by atoms with Crippen molar-refractivity contribution in [3.8, 4) is 11.1 Å². The Morgan fingerprint density at radius 2 is 1.00 bits per heavy atom. The van der Waals surface area contributed by atoms with Gasteiger partial charge in [0.1, 0.15) is 0 Å². The van der Waals surface area contributed by atoms with Gasteiger partial charge in [0.05, 0.1) is 6.71 Å². The molecule has 0 unspecified atom stereocenters. The Kier molecular flexibility index (Phi) is 6.18. The molecule has 2 aromatic carbocycles. The van der Waals surface area contributed by atoms with E-state index < -0.39 is 0 Å². The Morgan fingerprint density at radius 3 is 1.27 bits per heavy atom. The molecule has 0 bridgehead atoms. The summed E-state index contributed by atoms with van der Waals surface area (Å²) in [6.45, 7) is 0.472. The number of hydrogen-bond acceptors (Lipinski definition) is 1. The van der Waals surface area contributed by atoms with Gasteiger partial charge in [-0.3, -0.25) is 0 Å². The van der Waals surface area contributed by atoms with Crippen LogP contribution < -0.4 is 0 Å². The van der Waals surface area contributed by atoms with Gasteiger partial charge in [-0.25, -0.2) is 0 Å². The minimum absolute atomic E-state index is 0.472. The minimum atomic E-state index is 0.472. The molecule has 0 fully saturated rings. The van der Waals surface area contributed by atoms with Crippen molar-refractivity contribution in [1.29, 1.82) is 0 Å². The summed E-state index contributed by atoms with van der Waals surface area (Å²) in [5.41, 5.74) is 2.55. The normalized spacial score (nSPS) is 9.13. The van der Waals surface area contributed by atoms with E-state index in [2.05, 4.69) is 60.3 Å². The smallest absolute Gasteiger partial charge is 0.0622 e. The topological polar surface area (TPSA) is 0 Å². The summed E-state index contributed by atoms with van der Waals surface area (Å²) < 4.78 is 0. The van der Waals surface area contributed by atoms with Crippen LogP contribution >= 0.6 is 17.9 Å². The fraction of sp³-hybridized carbons (Fsp3) is 0. The summed E-state index contributed by atoms with van der Waals surface area (Å²) >= 11 is 8.92. The first-order chi connectivity index (χ1) is 7.38. The molecule has 0 aliphatic carbocycles. The van der Waals surface area contributed by atoms with Crippen molar-refractivity contribution in [2.75, 3.05) is 0 Å². The number of halogens is 1. The number of hydrogen-bond donors (Lipinski definition) is 0. The molecule has 0 aromatic heterocycles. The second kappa shape index (κ2) is 7.53. The van der Waals surface area contributed by atoms with E-state index in [0.717, 1.165) is 0 Å². The van der Waals surface area contributed by atoms with Gasteiger partial charge < -0.3 is 0 Å². The van der Waals surface area contributed by atoms with Gasteiger partial charge in [0, 0.05) is 0 Å². The molecule has 0 aliphatic heterocycles. The van der Waals surface area contributed by atoms with Crippen LogP contribution in [0.5, 0.6) is 0 Å². The van der Waals surface area contributed by atoms with E-state index >= 15 is 0 Å². The molecular formula is C12H10ClPS. The SMILES string of the molecule is S=PCl.c1ccc(-c2ccccc2)cc1. The van der Waals surface area contributed by atoms with Gasteiger partial charge in [0.15, 0.2) is 0 Å². The van der Waals surface area contributed by atoms with E-state index in [4.69, 9.17) is 11.2 Å². The van der Waals surface area contributed by atoms with Gasteiger partial charge in [-0.05, 0) is 34.2 Å². The first-order valence-corrected chi connectivity index (χ1v) is 7.24.